The lowest BCUT2D eigenvalue weighted by atomic mass is 9.99. The van der Waals surface area contributed by atoms with Crippen molar-refractivity contribution in [2.75, 3.05) is 0 Å². The average Bonchev–Trinajstić information content (AvgIpc) is 2.68. The quantitative estimate of drug-likeness (QED) is 0.632. The predicted octanol–water partition coefficient (Wildman–Crippen LogP) is 3.79. The maximum atomic E-state index is 11.1. The average molecular weight is 294 g/mol. The van der Waals surface area contributed by atoms with Crippen molar-refractivity contribution in [2.45, 2.75) is 19.3 Å². The van der Waals surface area contributed by atoms with Crippen LogP contribution >= 0.6 is 0 Å². The van der Waals surface area contributed by atoms with E-state index in [0.717, 1.165) is 29.5 Å². The summed E-state index contributed by atoms with van der Waals surface area (Å²) in [5.41, 5.74) is 3.27. The van der Waals surface area contributed by atoms with Crippen LogP contribution in [0.3, 0.4) is 0 Å². The largest absolute Gasteiger partial charge is 0.612 e. The fourth-order valence-corrected chi connectivity index (χ4v) is 2.83. The number of fused-ring (bicyclic) bond motifs is 1. The van der Waals surface area contributed by atoms with E-state index in [0.29, 0.717) is 12.0 Å². The molecule has 0 bridgehead atoms. The van der Waals surface area contributed by atoms with E-state index < -0.39 is 4.90 Å². The summed E-state index contributed by atoms with van der Waals surface area (Å²) in [5, 5.41) is 32.8. The molecule has 0 saturated heterocycles. The molecule has 4 heteroatoms. The third-order valence-corrected chi connectivity index (χ3v) is 3.93. The zero-order valence-corrected chi connectivity index (χ0v) is 12.0. The van der Waals surface area contributed by atoms with E-state index in [-0.39, 0.29) is 11.5 Å². The first-order valence-corrected chi connectivity index (χ1v) is 7.25. The topological polar surface area (TPSA) is 69.4 Å². The molecule has 1 aromatic carbocycles. The lowest BCUT2D eigenvalue weighted by molar-refractivity contribution is -0.377. The molecular formula is C18H16NO3-. The SMILES string of the molecule is [O-][N+]([O-])=C1C=CC=CC1=CC1=C(O)c2ccccc2CCC1. The van der Waals surface area contributed by atoms with Crippen molar-refractivity contribution in [3.05, 3.63) is 87.3 Å². The molecule has 3 rings (SSSR count). The van der Waals surface area contributed by atoms with Crippen molar-refractivity contribution < 1.29 is 10.0 Å². The van der Waals surface area contributed by atoms with Crippen molar-refractivity contribution in [1.82, 2.24) is 0 Å². The molecule has 0 unspecified atom stereocenters. The second kappa shape index (κ2) is 5.93. The van der Waals surface area contributed by atoms with Crippen LogP contribution in [0.4, 0.5) is 0 Å². The van der Waals surface area contributed by atoms with Gasteiger partial charge in [0.15, 0.2) is 0 Å². The zero-order chi connectivity index (χ0) is 15.5. The first-order chi connectivity index (χ1) is 10.7. The molecule has 1 aromatic rings. The molecule has 2 aliphatic rings. The Hall–Kier alpha value is -2.75. The molecule has 0 spiro atoms. The van der Waals surface area contributed by atoms with Crippen LogP contribution in [0, 0.1) is 10.4 Å². The van der Waals surface area contributed by atoms with Crippen LogP contribution in [0.15, 0.2) is 65.8 Å². The molecule has 4 nitrogen and oxygen atoms in total. The summed E-state index contributed by atoms with van der Waals surface area (Å²) in [6, 6.07) is 7.76. The first-order valence-electron chi connectivity index (χ1n) is 7.25. The lowest BCUT2D eigenvalue weighted by Gasteiger charge is -2.12. The minimum absolute atomic E-state index is 0.0559. The van der Waals surface area contributed by atoms with Crippen LogP contribution in [-0.2, 0) is 6.42 Å². The second-order valence-electron chi connectivity index (χ2n) is 5.34. The summed E-state index contributed by atoms with van der Waals surface area (Å²) in [7, 11) is 0. The molecule has 22 heavy (non-hydrogen) atoms. The van der Waals surface area contributed by atoms with Crippen LogP contribution < -0.4 is 0 Å². The molecule has 0 aliphatic heterocycles. The van der Waals surface area contributed by atoms with Gasteiger partial charge in [0.25, 0.3) is 0 Å². The van der Waals surface area contributed by atoms with Gasteiger partial charge in [0.1, 0.15) is 5.76 Å². The van der Waals surface area contributed by atoms with E-state index in [1.807, 2.05) is 24.3 Å². The molecule has 0 saturated carbocycles. The third-order valence-electron chi connectivity index (χ3n) is 3.93. The monoisotopic (exact) mass is 294 g/mol. The number of rotatable bonds is 1. The van der Waals surface area contributed by atoms with Crippen molar-refractivity contribution in [1.29, 1.82) is 0 Å². The highest BCUT2D eigenvalue weighted by atomic mass is 16.8. The smallest absolute Gasteiger partial charge is 0.229 e. The standard InChI is InChI=1S/C18H16NO3/c20-18-15(9-5-8-13-6-1-3-10-16(13)18)12-14-7-2-4-11-17(14)19(21)22/h1-4,6-7,10-12H,5,8-9H2,(H-,20,21,22)/q-1. The van der Waals surface area contributed by atoms with Gasteiger partial charge in [0, 0.05) is 17.2 Å². The summed E-state index contributed by atoms with van der Waals surface area (Å²) in [6.07, 6.45) is 10.8. The molecule has 1 N–H and O–H groups in total. The van der Waals surface area contributed by atoms with Crippen molar-refractivity contribution in [3.8, 4) is 0 Å². The predicted molar refractivity (Wildman–Crippen MR) is 87.3 cm³/mol. The van der Waals surface area contributed by atoms with E-state index in [9.17, 15) is 15.5 Å². The van der Waals surface area contributed by atoms with Crippen LogP contribution in [-0.4, -0.2) is 15.7 Å². The second-order valence-corrected chi connectivity index (χ2v) is 5.34. The maximum Gasteiger partial charge on any atom is 0.229 e. The molecule has 0 aromatic heterocycles. The van der Waals surface area contributed by atoms with Gasteiger partial charge in [-0.25, -0.2) is 0 Å². The van der Waals surface area contributed by atoms with Crippen molar-refractivity contribution >= 4 is 11.5 Å². The molecule has 2 aliphatic carbocycles. The Labute approximate surface area is 128 Å². The maximum absolute atomic E-state index is 11.1. The number of allylic oxidation sites excluding steroid dienone is 7. The van der Waals surface area contributed by atoms with E-state index >= 15 is 0 Å². The van der Waals surface area contributed by atoms with E-state index in [1.54, 1.807) is 24.3 Å². The van der Waals surface area contributed by atoms with Gasteiger partial charge in [-0.15, -0.1) is 0 Å². The minimum atomic E-state index is -0.395. The molecule has 112 valence electrons. The Balaban J connectivity index is 2.08. The first kappa shape index (κ1) is 14.2. The third kappa shape index (κ3) is 2.68. The van der Waals surface area contributed by atoms with Gasteiger partial charge in [0.05, 0.1) is 0 Å². The molecular weight excluding hydrogens is 278 g/mol. The number of hydrogen-bond acceptors (Lipinski definition) is 3. The van der Waals surface area contributed by atoms with Crippen molar-refractivity contribution in [3.63, 3.8) is 0 Å². The van der Waals surface area contributed by atoms with Crippen LogP contribution in [0.1, 0.15) is 24.0 Å². The van der Waals surface area contributed by atoms with Gasteiger partial charge in [-0.1, -0.05) is 36.4 Å². The number of aliphatic hydroxyl groups is 1. The van der Waals surface area contributed by atoms with E-state index in [1.165, 1.54) is 6.08 Å². The normalized spacial score (nSPS) is 19.3. The fraction of sp³-hybridized carbons (Fsp3) is 0.167. The van der Waals surface area contributed by atoms with Gasteiger partial charge >= 0.3 is 0 Å². The Morgan fingerprint density at radius 2 is 1.82 bits per heavy atom. The molecule has 0 atom stereocenters. The van der Waals surface area contributed by atoms with Gasteiger partial charge in [-0.3, -0.25) is 0 Å². The van der Waals surface area contributed by atoms with Gasteiger partial charge in [-0.2, -0.15) is 4.90 Å². The summed E-state index contributed by atoms with van der Waals surface area (Å²) in [6.45, 7) is 0. The molecule has 0 fully saturated rings. The van der Waals surface area contributed by atoms with Crippen LogP contribution in [0.2, 0.25) is 0 Å². The Morgan fingerprint density at radius 3 is 2.64 bits per heavy atom. The summed E-state index contributed by atoms with van der Waals surface area (Å²) >= 11 is 0. The fourth-order valence-electron chi connectivity index (χ4n) is 2.83. The molecule has 0 heterocycles. The minimum Gasteiger partial charge on any atom is -0.612 e. The Kier molecular flexibility index (Phi) is 3.83. The highest BCUT2D eigenvalue weighted by molar-refractivity contribution is 6.08. The Bertz CT molecular complexity index is 747. The number of benzene rings is 1. The van der Waals surface area contributed by atoms with Crippen molar-refractivity contribution in [2.24, 2.45) is 0 Å². The van der Waals surface area contributed by atoms with Gasteiger partial charge in [-0.05, 0) is 42.6 Å². The van der Waals surface area contributed by atoms with Crippen LogP contribution in [0.25, 0.3) is 5.76 Å². The zero-order valence-electron chi connectivity index (χ0n) is 12.0. The summed E-state index contributed by atoms with van der Waals surface area (Å²) in [4.78, 5) is -0.395. The van der Waals surface area contributed by atoms with E-state index in [2.05, 4.69) is 0 Å². The number of aliphatic hydroxyl groups excluding tert-OH is 1. The highest BCUT2D eigenvalue weighted by Crippen LogP contribution is 2.30. The number of aryl methyl sites for hydroxylation is 1. The highest BCUT2D eigenvalue weighted by Gasteiger charge is 2.17. The lowest BCUT2D eigenvalue weighted by Crippen LogP contribution is -2.11. The molecule has 0 amide bonds. The van der Waals surface area contributed by atoms with Gasteiger partial charge < -0.3 is 15.5 Å². The Morgan fingerprint density at radius 1 is 1.05 bits per heavy atom. The number of nitrogens with zero attached hydrogens (tertiary/aromatic N) is 1. The van der Waals surface area contributed by atoms with Crippen LogP contribution in [0.5, 0.6) is 0 Å². The summed E-state index contributed by atoms with van der Waals surface area (Å²) in [5.74, 6) is 0.228. The van der Waals surface area contributed by atoms with E-state index in [4.69, 9.17) is 0 Å². The summed E-state index contributed by atoms with van der Waals surface area (Å²) < 4.78 is 0. The molecule has 0 radical (unpaired) electrons. The number of hydrogen-bond donors (Lipinski definition) is 1. The van der Waals surface area contributed by atoms with Gasteiger partial charge in [0.2, 0.25) is 5.71 Å².